The first-order chi connectivity index (χ1) is 16.1. The van der Waals surface area contributed by atoms with E-state index in [1.54, 1.807) is 7.05 Å². The van der Waals surface area contributed by atoms with Gasteiger partial charge >= 0.3 is 5.97 Å². The highest BCUT2D eigenvalue weighted by molar-refractivity contribution is 7.89. The van der Waals surface area contributed by atoms with E-state index in [9.17, 15) is 18.0 Å². The molecule has 1 aromatic heterocycles. The molecular weight excluding hydrogens is 474 g/mol. The first kappa shape index (κ1) is 26.3. The number of thiophene rings is 1. The van der Waals surface area contributed by atoms with Crippen LogP contribution in [0.2, 0.25) is 0 Å². The highest BCUT2D eigenvalue weighted by Gasteiger charge is 2.30. The fourth-order valence-corrected chi connectivity index (χ4v) is 6.37. The molecule has 0 atom stereocenters. The molecule has 1 aliphatic heterocycles. The van der Waals surface area contributed by atoms with Crippen LogP contribution in [-0.4, -0.2) is 62.8 Å². The zero-order valence-electron chi connectivity index (χ0n) is 20.4. The van der Waals surface area contributed by atoms with Gasteiger partial charge in [-0.1, -0.05) is 13.3 Å². The molecule has 2 heterocycles. The Kier molecular flexibility index (Phi) is 8.51. The summed E-state index contributed by atoms with van der Waals surface area (Å²) in [4.78, 5) is 29.0. The summed E-state index contributed by atoms with van der Waals surface area (Å²) >= 11 is 1.39. The van der Waals surface area contributed by atoms with Crippen LogP contribution < -0.4 is 5.32 Å². The van der Waals surface area contributed by atoms with Crippen molar-refractivity contribution in [3.05, 3.63) is 45.8 Å². The van der Waals surface area contributed by atoms with Gasteiger partial charge in [0.2, 0.25) is 10.0 Å². The van der Waals surface area contributed by atoms with E-state index >= 15 is 0 Å². The molecule has 1 aliphatic rings. The van der Waals surface area contributed by atoms with E-state index in [0.29, 0.717) is 35.1 Å². The van der Waals surface area contributed by atoms with Gasteiger partial charge in [0.1, 0.15) is 5.00 Å². The van der Waals surface area contributed by atoms with E-state index in [1.807, 2.05) is 6.92 Å². The summed E-state index contributed by atoms with van der Waals surface area (Å²) in [6, 6.07) is 6.23. The van der Waals surface area contributed by atoms with Crippen molar-refractivity contribution in [1.82, 2.24) is 9.21 Å². The number of carbonyl (C=O) groups is 2. The van der Waals surface area contributed by atoms with Gasteiger partial charge in [-0.2, -0.15) is 0 Å². The number of carbonyl (C=O) groups excluding carboxylic acids is 2. The molecule has 0 saturated heterocycles. The number of ether oxygens (including phenoxy) is 1. The fraction of sp³-hybridized carbons (Fsp3) is 0.500. The molecule has 1 amide bonds. The molecule has 0 fully saturated rings. The van der Waals surface area contributed by atoms with E-state index < -0.39 is 21.9 Å². The van der Waals surface area contributed by atoms with Gasteiger partial charge in [-0.15, -0.1) is 11.3 Å². The fourth-order valence-electron chi connectivity index (χ4n) is 3.90. The molecule has 0 bridgehead atoms. The Bertz CT molecular complexity index is 1140. The first-order valence-electron chi connectivity index (χ1n) is 11.4. The minimum absolute atomic E-state index is 0.137. The lowest BCUT2D eigenvalue weighted by molar-refractivity contribution is 0.0600. The molecule has 8 nitrogen and oxygen atoms in total. The number of amides is 1. The SMILES string of the molecule is CCCCN(C)S(=O)(=O)c1ccc(C(=O)Nc2sc3c(c2C(=O)OC)CCN(C(C)C)C3)cc1. The monoisotopic (exact) mass is 507 g/mol. The summed E-state index contributed by atoms with van der Waals surface area (Å²) in [6.45, 7) is 8.26. The molecule has 186 valence electrons. The molecule has 0 unspecified atom stereocenters. The van der Waals surface area contributed by atoms with Gasteiger partial charge in [-0.05, 0) is 56.5 Å². The van der Waals surface area contributed by atoms with Crippen molar-refractivity contribution in [3.63, 3.8) is 0 Å². The van der Waals surface area contributed by atoms with Crippen LogP contribution in [0.25, 0.3) is 0 Å². The number of nitrogens with one attached hydrogen (secondary N) is 1. The van der Waals surface area contributed by atoms with E-state index in [4.69, 9.17) is 4.74 Å². The molecule has 0 radical (unpaired) electrons. The van der Waals surface area contributed by atoms with E-state index in [0.717, 1.165) is 36.4 Å². The smallest absolute Gasteiger partial charge is 0.341 e. The average molecular weight is 508 g/mol. The lowest BCUT2D eigenvalue weighted by Crippen LogP contribution is -2.35. The third-order valence-corrected chi connectivity index (χ3v) is 9.09. The maximum Gasteiger partial charge on any atom is 0.341 e. The Labute approximate surface area is 205 Å². The number of rotatable bonds is 9. The van der Waals surface area contributed by atoms with Crippen LogP contribution in [0.4, 0.5) is 5.00 Å². The molecule has 1 aromatic carbocycles. The molecule has 0 aliphatic carbocycles. The highest BCUT2D eigenvalue weighted by atomic mass is 32.2. The number of anilines is 1. The van der Waals surface area contributed by atoms with Gasteiger partial charge in [0.15, 0.2) is 0 Å². The number of sulfonamides is 1. The van der Waals surface area contributed by atoms with Gasteiger partial charge < -0.3 is 10.1 Å². The standard InChI is InChI=1S/C24H33N3O5S2/c1-6-7-13-26(4)34(30,31)18-10-8-17(9-11-18)22(28)25-23-21(24(29)32-5)19-12-14-27(16(2)3)15-20(19)33-23/h8-11,16H,6-7,12-15H2,1-5H3,(H,25,28). The zero-order valence-corrected chi connectivity index (χ0v) is 22.0. The van der Waals surface area contributed by atoms with Crippen LogP contribution in [0.3, 0.4) is 0 Å². The van der Waals surface area contributed by atoms with Gasteiger partial charge in [-0.25, -0.2) is 17.5 Å². The molecule has 0 saturated carbocycles. The van der Waals surface area contributed by atoms with Gasteiger partial charge in [0, 0.05) is 43.2 Å². The predicted octanol–water partition coefficient (Wildman–Crippen LogP) is 3.97. The van der Waals surface area contributed by atoms with Crippen LogP contribution in [0, 0.1) is 0 Å². The van der Waals surface area contributed by atoms with Crippen LogP contribution in [0.5, 0.6) is 0 Å². The topological polar surface area (TPSA) is 96.0 Å². The van der Waals surface area contributed by atoms with Crippen molar-refractivity contribution in [2.24, 2.45) is 0 Å². The number of hydrogen-bond donors (Lipinski definition) is 1. The van der Waals surface area contributed by atoms with Gasteiger partial charge in [0.05, 0.1) is 17.6 Å². The summed E-state index contributed by atoms with van der Waals surface area (Å²) in [7, 11) is -0.725. The van der Waals surface area contributed by atoms with Crippen molar-refractivity contribution >= 4 is 38.2 Å². The lowest BCUT2D eigenvalue weighted by atomic mass is 10.0. The zero-order chi connectivity index (χ0) is 25.0. The maximum absolute atomic E-state index is 13.0. The lowest BCUT2D eigenvalue weighted by Gasteiger charge is -2.30. The number of nitrogens with zero attached hydrogens (tertiary/aromatic N) is 2. The quantitative estimate of drug-likeness (QED) is 0.516. The van der Waals surface area contributed by atoms with Gasteiger partial charge in [-0.3, -0.25) is 9.69 Å². The summed E-state index contributed by atoms with van der Waals surface area (Å²) in [5, 5.41) is 3.31. The third-order valence-electron chi connectivity index (χ3n) is 6.08. The molecule has 10 heteroatoms. The van der Waals surface area contributed by atoms with Crippen molar-refractivity contribution in [2.75, 3.05) is 32.6 Å². The second-order valence-electron chi connectivity index (χ2n) is 8.67. The van der Waals surface area contributed by atoms with Crippen molar-refractivity contribution in [1.29, 1.82) is 0 Å². The normalized spacial score (nSPS) is 14.3. The van der Waals surface area contributed by atoms with Crippen LogP contribution in [0.1, 0.15) is 64.8 Å². The Balaban J connectivity index is 1.82. The van der Waals surface area contributed by atoms with E-state index in [-0.39, 0.29) is 4.90 Å². The second-order valence-corrected chi connectivity index (χ2v) is 11.8. The number of methoxy groups -OCH3 is 1. The molecule has 1 N–H and O–H groups in total. The van der Waals surface area contributed by atoms with Crippen molar-refractivity contribution in [2.45, 2.75) is 57.5 Å². The molecule has 3 rings (SSSR count). The Morgan fingerprint density at radius 3 is 2.50 bits per heavy atom. The minimum Gasteiger partial charge on any atom is -0.465 e. The maximum atomic E-state index is 13.0. The van der Waals surface area contributed by atoms with Crippen molar-refractivity contribution in [3.8, 4) is 0 Å². The van der Waals surface area contributed by atoms with E-state index in [2.05, 4.69) is 24.1 Å². The van der Waals surface area contributed by atoms with Crippen LogP contribution in [-0.2, 0) is 27.7 Å². The van der Waals surface area contributed by atoms with Crippen LogP contribution >= 0.6 is 11.3 Å². The average Bonchev–Trinajstić information content (AvgIpc) is 3.18. The van der Waals surface area contributed by atoms with Crippen molar-refractivity contribution < 1.29 is 22.7 Å². The number of esters is 1. The summed E-state index contributed by atoms with van der Waals surface area (Å²) in [6.07, 6.45) is 2.38. The van der Waals surface area contributed by atoms with Gasteiger partial charge in [0.25, 0.3) is 5.91 Å². The molecule has 34 heavy (non-hydrogen) atoms. The molecular formula is C24H33N3O5S2. The Morgan fingerprint density at radius 1 is 1.24 bits per heavy atom. The second kappa shape index (κ2) is 11.0. The first-order valence-corrected chi connectivity index (χ1v) is 13.7. The van der Waals surface area contributed by atoms with Crippen LogP contribution in [0.15, 0.2) is 29.2 Å². The summed E-state index contributed by atoms with van der Waals surface area (Å²) in [5.74, 6) is -0.880. The largest absolute Gasteiger partial charge is 0.465 e. The number of fused-ring (bicyclic) bond motifs is 1. The minimum atomic E-state index is -3.61. The number of benzene rings is 1. The summed E-state index contributed by atoms with van der Waals surface area (Å²) < 4.78 is 31.8. The summed E-state index contributed by atoms with van der Waals surface area (Å²) in [5.41, 5.74) is 1.65. The third kappa shape index (κ3) is 5.51. The Morgan fingerprint density at radius 2 is 1.91 bits per heavy atom. The Hall–Kier alpha value is -2.27. The molecule has 0 spiro atoms. The highest BCUT2D eigenvalue weighted by Crippen LogP contribution is 2.38. The number of unbranched alkanes of at least 4 members (excludes halogenated alkanes) is 1. The number of hydrogen-bond acceptors (Lipinski definition) is 7. The predicted molar refractivity (Wildman–Crippen MR) is 134 cm³/mol. The molecule has 2 aromatic rings. The van der Waals surface area contributed by atoms with E-state index in [1.165, 1.54) is 47.0 Å².